The van der Waals surface area contributed by atoms with Crippen molar-refractivity contribution in [2.24, 2.45) is 0 Å². The summed E-state index contributed by atoms with van der Waals surface area (Å²) >= 11 is 0. The molecule has 0 aliphatic heterocycles. The summed E-state index contributed by atoms with van der Waals surface area (Å²) < 4.78 is 0. The second kappa shape index (κ2) is 7.04. The van der Waals surface area contributed by atoms with Gasteiger partial charge in [0.2, 0.25) is 0 Å². The first kappa shape index (κ1) is 8.04. The number of allylic oxidation sites excluding steroid dienone is 2. The highest BCUT2D eigenvalue weighted by Crippen LogP contribution is 1.95. The van der Waals surface area contributed by atoms with E-state index in [-0.39, 0.29) is 0 Å². The maximum absolute atomic E-state index is 3.46. The smallest absolute Gasteiger partial charge is 0.0271 e. The third-order valence-corrected chi connectivity index (χ3v) is 0.986. The van der Waals surface area contributed by atoms with Gasteiger partial charge in [-0.3, -0.25) is 0 Å². The lowest BCUT2D eigenvalue weighted by atomic mass is 10.2. The van der Waals surface area contributed by atoms with Gasteiger partial charge in [0.25, 0.3) is 0 Å². The Balaban J connectivity index is 3.09. The lowest BCUT2D eigenvalue weighted by Gasteiger charge is -1.84. The fourth-order valence-corrected chi connectivity index (χ4v) is 0.526. The monoisotopic (exact) mass is 120 g/mol. The summed E-state index contributed by atoms with van der Waals surface area (Å²) in [6, 6.07) is 0. The molecule has 0 N–H and O–H groups in total. The normalized spacial score (nSPS) is 7.11. The van der Waals surface area contributed by atoms with Crippen molar-refractivity contribution in [2.45, 2.75) is 19.3 Å². The number of hydrogen-bond acceptors (Lipinski definition) is 0. The van der Waals surface area contributed by atoms with Crippen LogP contribution in [0.15, 0.2) is 36.8 Å². The zero-order valence-electron chi connectivity index (χ0n) is 5.69. The van der Waals surface area contributed by atoms with Crippen molar-refractivity contribution < 1.29 is 0 Å². The third kappa shape index (κ3) is 7.04. The first-order valence-corrected chi connectivity index (χ1v) is 3.10. The molecule has 0 heteroatoms. The van der Waals surface area contributed by atoms with Crippen molar-refractivity contribution in [3.63, 3.8) is 0 Å². The van der Waals surface area contributed by atoms with Gasteiger partial charge < -0.3 is 0 Å². The number of hydrogen-bond donors (Lipinski definition) is 0. The Bertz CT molecular complexity index is 123. The fourth-order valence-electron chi connectivity index (χ4n) is 0.526. The van der Waals surface area contributed by atoms with Crippen LogP contribution in [0.5, 0.6) is 0 Å². The molecule has 0 saturated carbocycles. The maximum Gasteiger partial charge on any atom is -0.0271 e. The standard InChI is InChI=1S/C9H12/c1-3-5-7-9-8-6-4-2/h5-6H,1-2,7-9H2. The molecule has 0 aromatic carbocycles. The van der Waals surface area contributed by atoms with Gasteiger partial charge in [0, 0.05) is 0 Å². The number of unbranched alkanes of at least 4 members (excludes halogenated alkanes) is 2. The van der Waals surface area contributed by atoms with Crippen LogP contribution < -0.4 is 0 Å². The molecule has 0 aromatic heterocycles. The highest BCUT2D eigenvalue weighted by atomic mass is 13.8. The fraction of sp³-hybridized carbons (Fsp3) is 0.333. The molecule has 0 heterocycles. The predicted molar refractivity (Wildman–Crippen MR) is 41.3 cm³/mol. The molecular weight excluding hydrogens is 108 g/mol. The van der Waals surface area contributed by atoms with Crippen molar-refractivity contribution in [2.75, 3.05) is 0 Å². The first-order chi connectivity index (χ1) is 4.41. The van der Waals surface area contributed by atoms with Crippen LogP contribution in [-0.4, -0.2) is 0 Å². The van der Waals surface area contributed by atoms with E-state index < -0.39 is 0 Å². The zero-order chi connectivity index (χ0) is 6.95. The Morgan fingerprint density at radius 2 is 1.44 bits per heavy atom. The van der Waals surface area contributed by atoms with Crippen LogP contribution in [-0.2, 0) is 0 Å². The minimum Gasteiger partial charge on any atom is -0.133 e. The molecule has 0 fully saturated rings. The van der Waals surface area contributed by atoms with Crippen LogP contribution in [0.4, 0.5) is 0 Å². The summed E-state index contributed by atoms with van der Waals surface area (Å²) in [5, 5.41) is 0. The molecule has 0 spiro atoms. The average Bonchev–Trinajstić information content (AvgIpc) is 1.89. The van der Waals surface area contributed by atoms with Gasteiger partial charge in [-0.2, -0.15) is 0 Å². The zero-order valence-corrected chi connectivity index (χ0v) is 5.69. The van der Waals surface area contributed by atoms with Crippen LogP contribution >= 0.6 is 0 Å². The van der Waals surface area contributed by atoms with Crippen molar-refractivity contribution in [1.82, 2.24) is 0 Å². The molecule has 0 radical (unpaired) electrons. The van der Waals surface area contributed by atoms with Gasteiger partial charge in [-0.25, -0.2) is 0 Å². The Labute approximate surface area is 56.9 Å². The Morgan fingerprint density at radius 1 is 1.00 bits per heavy atom. The third-order valence-electron chi connectivity index (χ3n) is 0.986. The van der Waals surface area contributed by atoms with E-state index in [0.29, 0.717) is 0 Å². The molecule has 0 bridgehead atoms. The van der Waals surface area contributed by atoms with Crippen LogP contribution in [0.25, 0.3) is 0 Å². The lowest BCUT2D eigenvalue weighted by molar-refractivity contribution is 0.870. The molecule has 0 atom stereocenters. The van der Waals surface area contributed by atoms with Crippen LogP contribution in [0.2, 0.25) is 0 Å². The van der Waals surface area contributed by atoms with Gasteiger partial charge >= 0.3 is 0 Å². The Hall–Kier alpha value is -0.960. The molecule has 48 valence electrons. The Kier molecular flexibility index (Phi) is 6.29. The van der Waals surface area contributed by atoms with E-state index >= 15 is 0 Å². The van der Waals surface area contributed by atoms with Gasteiger partial charge in [-0.15, -0.1) is 11.5 Å². The molecule has 0 amide bonds. The van der Waals surface area contributed by atoms with Gasteiger partial charge in [0.15, 0.2) is 0 Å². The van der Waals surface area contributed by atoms with E-state index in [1.54, 1.807) is 0 Å². The van der Waals surface area contributed by atoms with Gasteiger partial charge in [0.05, 0.1) is 0 Å². The van der Waals surface area contributed by atoms with Gasteiger partial charge in [0.1, 0.15) is 0 Å². The molecular formula is C9H12. The van der Waals surface area contributed by atoms with E-state index in [1.807, 2.05) is 12.2 Å². The minimum absolute atomic E-state index is 1.06. The summed E-state index contributed by atoms with van der Waals surface area (Å²) in [7, 11) is 0. The quantitative estimate of drug-likeness (QED) is 0.395. The van der Waals surface area contributed by atoms with Crippen LogP contribution in [0.3, 0.4) is 0 Å². The minimum atomic E-state index is 1.06. The van der Waals surface area contributed by atoms with Crippen molar-refractivity contribution in [3.05, 3.63) is 36.8 Å². The SMILES string of the molecule is C=C=CCCCC=C=C. The van der Waals surface area contributed by atoms with Crippen molar-refractivity contribution >= 4 is 0 Å². The highest BCUT2D eigenvalue weighted by Gasteiger charge is 1.76. The molecule has 0 aliphatic rings. The average molecular weight is 120 g/mol. The van der Waals surface area contributed by atoms with Gasteiger partial charge in [-0.05, 0) is 31.4 Å². The van der Waals surface area contributed by atoms with E-state index in [9.17, 15) is 0 Å². The predicted octanol–water partition coefficient (Wildman–Crippen LogP) is 2.84. The van der Waals surface area contributed by atoms with E-state index in [4.69, 9.17) is 0 Å². The molecule has 0 unspecified atom stereocenters. The molecule has 0 aliphatic carbocycles. The van der Waals surface area contributed by atoms with Crippen molar-refractivity contribution in [3.8, 4) is 0 Å². The van der Waals surface area contributed by atoms with E-state index in [0.717, 1.165) is 19.3 Å². The Morgan fingerprint density at radius 3 is 1.78 bits per heavy atom. The molecule has 9 heavy (non-hydrogen) atoms. The summed E-state index contributed by atoms with van der Waals surface area (Å²) in [5.74, 6) is 0. The molecule has 0 rings (SSSR count). The topological polar surface area (TPSA) is 0 Å². The van der Waals surface area contributed by atoms with Crippen LogP contribution in [0, 0.1) is 0 Å². The first-order valence-electron chi connectivity index (χ1n) is 3.10. The summed E-state index contributed by atoms with van der Waals surface area (Å²) in [5.41, 5.74) is 5.44. The number of rotatable bonds is 4. The summed E-state index contributed by atoms with van der Waals surface area (Å²) in [6.45, 7) is 6.92. The molecule has 0 nitrogen and oxygen atoms in total. The summed E-state index contributed by atoms with van der Waals surface area (Å²) in [4.78, 5) is 0. The maximum atomic E-state index is 3.46. The van der Waals surface area contributed by atoms with E-state index in [2.05, 4.69) is 24.6 Å². The second-order valence-corrected chi connectivity index (χ2v) is 1.75. The van der Waals surface area contributed by atoms with Crippen LogP contribution in [0.1, 0.15) is 19.3 Å². The lowest BCUT2D eigenvalue weighted by Crippen LogP contribution is -1.65. The molecule has 0 aromatic rings. The highest BCUT2D eigenvalue weighted by molar-refractivity contribution is 4.79. The second-order valence-electron chi connectivity index (χ2n) is 1.75. The summed E-state index contributed by atoms with van der Waals surface area (Å²) in [6.07, 6.45) is 7.14. The van der Waals surface area contributed by atoms with E-state index in [1.165, 1.54) is 0 Å². The largest absolute Gasteiger partial charge is 0.133 e. The van der Waals surface area contributed by atoms with Crippen molar-refractivity contribution in [1.29, 1.82) is 0 Å². The van der Waals surface area contributed by atoms with Gasteiger partial charge in [-0.1, -0.05) is 13.2 Å². The molecule has 0 saturated heterocycles.